The van der Waals surface area contributed by atoms with Crippen molar-refractivity contribution in [3.8, 4) is 11.4 Å². The van der Waals surface area contributed by atoms with Crippen LogP contribution in [0.4, 0.5) is 5.95 Å². The molecule has 0 spiro atoms. The number of hydrogen-bond donors (Lipinski definition) is 1. The second-order valence-electron chi connectivity index (χ2n) is 5.07. The Labute approximate surface area is 128 Å². The fraction of sp³-hybridized carbons (Fsp3) is 0.188. The van der Waals surface area contributed by atoms with Crippen LogP contribution < -0.4 is 10.5 Å². The van der Waals surface area contributed by atoms with Gasteiger partial charge in [0.1, 0.15) is 5.75 Å². The molecule has 5 heteroatoms. The molecule has 0 amide bonds. The minimum Gasteiger partial charge on any atom is -0.495 e. The number of fused-ring (bicyclic) bond motifs is 1. The van der Waals surface area contributed by atoms with E-state index in [-0.39, 0.29) is 0 Å². The van der Waals surface area contributed by atoms with Gasteiger partial charge in [-0.25, -0.2) is 4.98 Å². The van der Waals surface area contributed by atoms with E-state index >= 15 is 0 Å². The number of aromatic nitrogens is 2. The van der Waals surface area contributed by atoms with Crippen molar-refractivity contribution >= 4 is 28.6 Å². The van der Waals surface area contributed by atoms with E-state index in [9.17, 15) is 0 Å². The summed E-state index contributed by atoms with van der Waals surface area (Å²) in [6.07, 6.45) is 0. The van der Waals surface area contributed by atoms with E-state index < -0.39 is 0 Å². The zero-order chi connectivity index (χ0) is 15.1. The zero-order valence-electron chi connectivity index (χ0n) is 12.1. The number of ether oxygens (including phenoxy) is 1. The van der Waals surface area contributed by atoms with Crippen LogP contribution in [0.2, 0.25) is 5.02 Å². The summed E-state index contributed by atoms with van der Waals surface area (Å²) in [6, 6.07) is 9.81. The van der Waals surface area contributed by atoms with Crippen LogP contribution in [0.5, 0.6) is 5.75 Å². The summed E-state index contributed by atoms with van der Waals surface area (Å²) in [5.41, 5.74) is 10.9. The van der Waals surface area contributed by atoms with E-state index in [1.807, 2.05) is 42.7 Å². The first-order valence-corrected chi connectivity index (χ1v) is 6.98. The summed E-state index contributed by atoms with van der Waals surface area (Å²) in [7, 11) is 1.62. The van der Waals surface area contributed by atoms with E-state index in [2.05, 4.69) is 4.98 Å². The maximum Gasteiger partial charge on any atom is 0.206 e. The minimum atomic E-state index is 0.427. The highest BCUT2D eigenvalue weighted by atomic mass is 35.5. The molecule has 1 heterocycles. The molecule has 3 aromatic rings. The molecule has 4 nitrogen and oxygen atoms in total. The van der Waals surface area contributed by atoms with Gasteiger partial charge in [0.2, 0.25) is 5.95 Å². The largest absolute Gasteiger partial charge is 0.495 e. The zero-order valence-corrected chi connectivity index (χ0v) is 12.9. The molecule has 2 N–H and O–H groups in total. The second-order valence-corrected chi connectivity index (χ2v) is 5.48. The molecule has 0 aliphatic heterocycles. The number of anilines is 1. The summed E-state index contributed by atoms with van der Waals surface area (Å²) in [5.74, 6) is 1.09. The fourth-order valence-electron chi connectivity index (χ4n) is 2.45. The van der Waals surface area contributed by atoms with Crippen LogP contribution in [-0.2, 0) is 0 Å². The SMILES string of the molecule is COc1cc(Cl)c(C)cc1-n1c(N)nc2cc(C)ccc21. The van der Waals surface area contributed by atoms with Crippen LogP contribution in [0.15, 0.2) is 30.3 Å². The van der Waals surface area contributed by atoms with Crippen molar-refractivity contribution in [2.75, 3.05) is 12.8 Å². The molecule has 0 radical (unpaired) electrons. The number of methoxy groups -OCH3 is 1. The van der Waals surface area contributed by atoms with Crippen LogP contribution >= 0.6 is 11.6 Å². The van der Waals surface area contributed by atoms with Gasteiger partial charge in [-0.2, -0.15) is 0 Å². The molecule has 0 saturated carbocycles. The highest BCUT2D eigenvalue weighted by molar-refractivity contribution is 6.31. The third-order valence-electron chi connectivity index (χ3n) is 3.54. The summed E-state index contributed by atoms with van der Waals surface area (Å²) in [6.45, 7) is 3.98. The predicted octanol–water partition coefficient (Wildman–Crippen LogP) is 3.89. The minimum absolute atomic E-state index is 0.427. The molecular formula is C16H16ClN3O. The van der Waals surface area contributed by atoms with Gasteiger partial charge >= 0.3 is 0 Å². The van der Waals surface area contributed by atoms with E-state index in [0.29, 0.717) is 16.7 Å². The number of hydrogen-bond acceptors (Lipinski definition) is 3. The van der Waals surface area contributed by atoms with Gasteiger partial charge in [0.05, 0.1) is 23.8 Å². The van der Waals surface area contributed by atoms with E-state index in [0.717, 1.165) is 27.8 Å². The maximum absolute atomic E-state index is 6.17. The lowest BCUT2D eigenvalue weighted by molar-refractivity contribution is 0.413. The van der Waals surface area contributed by atoms with Crippen LogP contribution in [0, 0.1) is 13.8 Å². The summed E-state index contributed by atoms with van der Waals surface area (Å²) >= 11 is 6.17. The smallest absolute Gasteiger partial charge is 0.206 e. The molecule has 0 saturated heterocycles. The number of imidazole rings is 1. The lowest BCUT2D eigenvalue weighted by Gasteiger charge is -2.13. The maximum atomic E-state index is 6.17. The number of rotatable bonds is 2. The molecule has 0 aliphatic carbocycles. The topological polar surface area (TPSA) is 53.1 Å². The number of nitrogens with zero attached hydrogens (tertiary/aromatic N) is 2. The van der Waals surface area contributed by atoms with E-state index in [4.69, 9.17) is 22.1 Å². The van der Waals surface area contributed by atoms with Crippen LogP contribution in [0.1, 0.15) is 11.1 Å². The average Bonchev–Trinajstić information content (AvgIpc) is 2.76. The van der Waals surface area contributed by atoms with E-state index in [1.54, 1.807) is 13.2 Å². The highest BCUT2D eigenvalue weighted by Crippen LogP contribution is 2.33. The van der Waals surface area contributed by atoms with Crippen molar-refractivity contribution in [3.05, 3.63) is 46.5 Å². The van der Waals surface area contributed by atoms with Gasteiger partial charge in [0.15, 0.2) is 0 Å². The van der Waals surface area contributed by atoms with Crippen molar-refractivity contribution in [1.82, 2.24) is 9.55 Å². The van der Waals surface area contributed by atoms with Crippen molar-refractivity contribution in [2.24, 2.45) is 0 Å². The fourth-order valence-corrected chi connectivity index (χ4v) is 2.60. The third-order valence-corrected chi connectivity index (χ3v) is 3.94. The van der Waals surface area contributed by atoms with Crippen molar-refractivity contribution < 1.29 is 4.74 Å². The lowest BCUT2D eigenvalue weighted by atomic mass is 10.2. The highest BCUT2D eigenvalue weighted by Gasteiger charge is 2.15. The summed E-state index contributed by atoms with van der Waals surface area (Å²) in [5, 5.41) is 0.662. The molecule has 108 valence electrons. The third kappa shape index (κ3) is 2.21. The quantitative estimate of drug-likeness (QED) is 0.781. The van der Waals surface area contributed by atoms with E-state index in [1.165, 1.54) is 0 Å². The van der Waals surface area contributed by atoms with Gasteiger partial charge < -0.3 is 10.5 Å². The van der Waals surface area contributed by atoms with Crippen molar-refractivity contribution in [2.45, 2.75) is 13.8 Å². The Morgan fingerprint density at radius 1 is 1.19 bits per heavy atom. The van der Waals surface area contributed by atoms with Crippen LogP contribution in [0.3, 0.4) is 0 Å². The normalized spacial score (nSPS) is 11.0. The van der Waals surface area contributed by atoms with Crippen molar-refractivity contribution in [1.29, 1.82) is 0 Å². The molecule has 0 fully saturated rings. The molecule has 0 aliphatic rings. The predicted molar refractivity (Wildman–Crippen MR) is 86.5 cm³/mol. The van der Waals surface area contributed by atoms with Gasteiger partial charge in [-0.15, -0.1) is 0 Å². The molecule has 1 aromatic heterocycles. The van der Waals surface area contributed by atoms with Crippen LogP contribution in [-0.4, -0.2) is 16.7 Å². The first-order valence-electron chi connectivity index (χ1n) is 6.60. The number of nitrogen functional groups attached to an aromatic ring is 1. The first kappa shape index (κ1) is 13.8. The van der Waals surface area contributed by atoms with Gasteiger partial charge in [-0.05, 0) is 43.2 Å². The van der Waals surface area contributed by atoms with Gasteiger partial charge in [0.25, 0.3) is 0 Å². The number of nitrogens with two attached hydrogens (primary N) is 1. The number of benzene rings is 2. The summed E-state index contributed by atoms with van der Waals surface area (Å²) in [4.78, 5) is 4.43. The molecule has 3 rings (SSSR count). The van der Waals surface area contributed by atoms with Crippen molar-refractivity contribution in [3.63, 3.8) is 0 Å². The van der Waals surface area contributed by atoms with Crippen LogP contribution in [0.25, 0.3) is 16.7 Å². The molecule has 0 atom stereocenters. The number of aryl methyl sites for hydroxylation is 2. The second kappa shape index (κ2) is 4.97. The molecule has 2 aromatic carbocycles. The monoisotopic (exact) mass is 301 g/mol. The average molecular weight is 302 g/mol. The lowest BCUT2D eigenvalue weighted by Crippen LogP contribution is -2.03. The molecular weight excluding hydrogens is 286 g/mol. The molecule has 21 heavy (non-hydrogen) atoms. The Kier molecular flexibility index (Phi) is 3.26. The Hall–Kier alpha value is -2.20. The molecule has 0 unspecified atom stereocenters. The van der Waals surface area contributed by atoms with Gasteiger partial charge in [0, 0.05) is 11.1 Å². The Bertz CT molecular complexity index is 839. The Morgan fingerprint density at radius 3 is 2.67 bits per heavy atom. The number of halogens is 1. The molecule has 0 bridgehead atoms. The standard InChI is InChI=1S/C16H16ClN3O/c1-9-4-5-13-12(6-9)19-16(18)20(13)14-7-10(2)11(17)8-15(14)21-3/h4-8H,1-3H3,(H2,18,19). The summed E-state index contributed by atoms with van der Waals surface area (Å²) < 4.78 is 7.33. The Balaban J connectivity index is 2.35. The van der Waals surface area contributed by atoms with Gasteiger partial charge in [-0.1, -0.05) is 17.7 Å². The van der Waals surface area contributed by atoms with Gasteiger partial charge in [-0.3, -0.25) is 4.57 Å². The Morgan fingerprint density at radius 2 is 1.95 bits per heavy atom. The first-order chi connectivity index (χ1) is 10.0.